The van der Waals surface area contributed by atoms with Gasteiger partial charge in [-0.1, -0.05) is 33.3 Å². The molecule has 2 aliphatic carbocycles. The molecule has 128 valence electrons. The maximum Gasteiger partial charge on any atom is 0.162 e. The van der Waals surface area contributed by atoms with Crippen molar-refractivity contribution in [3.05, 3.63) is 11.6 Å². The summed E-state index contributed by atoms with van der Waals surface area (Å²) in [6, 6.07) is 0. The monoisotopic (exact) mass is 318 g/mol. The molecule has 23 heavy (non-hydrogen) atoms. The van der Waals surface area contributed by atoms with Gasteiger partial charge in [-0.2, -0.15) is 0 Å². The molecule has 3 fully saturated rings. The van der Waals surface area contributed by atoms with Crippen molar-refractivity contribution in [3.8, 4) is 0 Å². The molecule has 3 heteroatoms. The van der Waals surface area contributed by atoms with Crippen molar-refractivity contribution in [2.75, 3.05) is 6.61 Å². The summed E-state index contributed by atoms with van der Waals surface area (Å²) in [6.07, 6.45) is 10.8. The minimum atomic E-state index is -0.217. The number of hydrogen-bond acceptors (Lipinski definition) is 3. The molecule has 0 aromatic rings. The molecule has 0 aromatic carbocycles. The van der Waals surface area contributed by atoms with Crippen molar-refractivity contribution in [1.82, 2.24) is 0 Å². The van der Waals surface area contributed by atoms with E-state index in [2.05, 4.69) is 26.8 Å². The standard InChI is InChI=1S/C20H30O3/c1-18(2)8-4-9-19(3)15(18)7-10-20-13-22-17(23-20)11-14(12-21)5-6-16(19)20/h5,12,15-17H,4,6-11,13H2,1-3H3/b14-5+/t15?,16-,17?,19+,20-/m1/s1. The Hall–Kier alpha value is -0.670. The van der Waals surface area contributed by atoms with Gasteiger partial charge in [0.05, 0.1) is 12.2 Å². The summed E-state index contributed by atoms with van der Waals surface area (Å²) >= 11 is 0. The Kier molecular flexibility index (Phi) is 3.55. The second-order valence-corrected chi connectivity index (χ2v) is 9.25. The molecular weight excluding hydrogens is 288 g/mol. The highest BCUT2D eigenvalue weighted by Gasteiger charge is 2.62. The highest BCUT2D eigenvalue weighted by molar-refractivity contribution is 5.73. The normalized spacial score (nSPS) is 50.7. The highest BCUT2D eigenvalue weighted by Crippen LogP contribution is 2.64. The third kappa shape index (κ3) is 2.26. The molecule has 5 atom stereocenters. The van der Waals surface area contributed by atoms with Crippen LogP contribution in [0.25, 0.3) is 0 Å². The van der Waals surface area contributed by atoms with Gasteiger partial charge in [-0.3, -0.25) is 4.79 Å². The van der Waals surface area contributed by atoms with Crippen molar-refractivity contribution in [2.45, 2.75) is 77.6 Å². The van der Waals surface area contributed by atoms with Gasteiger partial charge in [0.2, 0.25) is 0 Å². The van der Waals surface area contributed by atoms with Crippen LogP contribution in [-0.4, -0.2) is 24.8 Å². The van der Waals surface area contributed by atoms with E-state index in [9.17, 15) is 4.79 Å². The van der Waals surface area contributed by atoms with Crippen LogP contribution in [0.4, 0.5) is 0 Å². The summed E-state index contributed by atoms with van der Waals surface area (Å²) in [4.78, 5) is 11.3. The first-order valence-electron chi connectivity index (χ1n) is 9.33. The lowest BCUT2D eigenvalue weighted by Gasteiger charge is -2.61. The lowest BCUT2D eigenvalue weighted by molar-refractivity contribution is -0.193. The largest absolute Gasteiger partial charge is 0.349 e. The second kappa shape index (κ2) is 5.16. The fourth-order valence-electron chi connectivity index (χ4n) is 6.57. The lowest BCUT2D eigenvalue weighted by Crippen LogP contribution is -2.59. The summed E-state index contributed by atoms with van der Waals surface area (Å²) in [5.74, 6) is 1.21. The molecule has 0 aromatic heterocycles. The number of allylic oxidation sites excluding steroid dienone is 1. The van der Waals surface area contributed by atoms with Gasteiger partial charge in [0.15, 0.2) is 6.29 Å². The maximum atomic E-state index is 11.3. The van der Waals surface area contributed by atoms with Crippen LogP contribution in [0.3, 0.4) is 0 Å². The SMILES string of the molecule is CC1(C)CCC[C@@]2(C)C1CC[C@@]13COC(C/C(C=O)=C\C[C@@H]12)O3. The van der Waals surface area contributed by atoms with Gasteiger partial charge in [-0.05, 0) is 60.3 Å². The Labute approximate surface area is 139 Å². The highest BCUT2D eigenvalue weighted by atomic mass is 16.7. The Bertz CT molecular complexity index is 537. The first kappa shape index (κ1) is 15.8. The molecule has 2 aliphatic heterocycles. The molecule has 2 saturated carbocycles. The number of rotatable bonds is 1. The molecule has 1 saturated heterocycles. The fraction of sp³-hybridized carbons (Fsp3) is 0.850. The van der Waals surface area contributed by atoms with E-state index in [0.717, 1.165) is 30.6 Å². The summed E-state index contributed by atoms with van der Waals surface area (Å²) in [5, 5.41) is 0. The third-order valence-electron chi connectivity index (χ3n) is 7.61. The van der Waals surface area contributed by atoms with Crippen molar-refractivity contribution in [1.29, 1.82) is 0 Å². The number of ether oxygens (including phenoxy) is 2. The van der Waals surface area contributed by atoms with Crippen LogP contribution < -0.4 is 0 Å². The van der Waals surface area contributed by atoms with Gasteiger partial charge < -0.3 is 9.47 Å². The third-order valence-corrected chi connectivity index (χ3v) is 7.61. The van der Waals surface area contributed by atoms with Crippen LogP contribution in [0.2, 0.25) is 0 Å². The predicted molar refractivity (Wildman–Crippen MR) is 88.9 cm³/mol. The van der Waals surface area contributed by atoms with Crippen molar-refractivity contribution < 1.29 is 14.3 Å². The Morgan fingerprint density at radius 3 is 2.78 bits per heavy atom. The van der Waals surface area contributed by atoms with E-state index in [1.807, 2.05) is 0 Å². The first-order chi connectivity index (χ1) is 10.9. The lowest BCUT2D eigenvalue weighted by atomic mass is 9.45. The maximum absolute atomic E-state index is 11.3. The van der Waals surface area contributed by atoms with Crippen molar-refractivity contribution in [2.24, 2.45) is 22.7 Å². The van der Waals surface area contributed by atoms with Gasteiger partial charge in [0, 0.05) is 6.42 Å². The van der Waals surface area contributed by atoms with E-state index in [-0.39, 0.29) is 11.9 Å². The predicted octanol–water partition coefficient (Wildman–Crippen LogP) is 4.26. The van der Waals surface area contributed by atoms with Crippen molar-refractivity contribution >= 4 is 6.29 Å². The number of carbonyl (C=O) groups is 1. The molecule has 2 bridgehead atoms. The van der Waals surface area contributed by atoms with E-state index in [1.54, 1.807) is 0 Å². The van der Waals surface area contributed by atoms with E-state index in [0.29, 0.717) is 29.8 Å². The zero-order valence-electron chi connectivity index (χ0n) is 14.8. The minimum absolute atomic E-state index is 0.117. The molecule has 0 radical (unpaired) electrons. The zero-order chi connectivity index (χ0) is 16.3. The van der Waals surface area contributed by atoms with Gasteiger partial charge in [-0.25, -0.2) is 0 Å². The van der Waals surface area contributed by atoms with Gasteiger partial charge in [0.25, 0.3) is 0 Å². The second-order valence-electron chi connectivity index (χ2n) is 9.25. The molecule has 0 amide bonds. The van der Waals surface area contributed by atoms with Crippen LogP contribution in [0.5, 0.6) is 0 Å². The average molecular weight is 318 g/mol. The zero-order valence-corrected chi connectivity index (χ0v) is 14.8. The fourth-order valence-corrected chi connectivity index (χ4v) is 6.57. The Morgan fingerprint density at radius 1 is 1.17 bits per heavy atom. The summed E-state index contributed by atoms with van der Waals surface area (Å²) in [5.41, 5.74) is 1.44. The molecule has 1 spiro atoms. The number of hydrogen-bond donors (Lipinski definition) is 0. The van der Waals surface area contributed by atoms with Crippen LogP contribution >= 0.6 is 0 Å². The summed E-state index contributed by atoms with van der Waals surface area (Å²) in [6.45, 7) is 8.12. The smallest absolute Gasteiger partial charge is 0.162 e. The van der Waals surface area contributed by atoms with Gasteiger partial charge in [-0.15, -0.1) is 0 Å². The van der Waals surface area contributed by atoms with Crippen LogP contribution in [0.1, 0.15) is 65.7 Å². The molecule has 4 aliphatic rings. The van der Waals surface area contributed by atoms with Crippen LogP contribution in [0, 0.1) is 22.7 Å². The molecule has 0 N–H and O–H groups in total. The van der Waals surface area contributed by atoms with Gasteiger partial charge >= 0.3 is 0 Å². The average Bonchev–Trinajstić information content (AvgIpc) is 2.88. The number of carbonyl (C=O) groups excluding carboxylic acids is 1. The quantitative estimate of drug-likeness (QED) is 0.678. The topological polar surface area (TPSA) is 35.5 Å². The first-order valence-corrected chi connectivity index (χ1v) is 9.33. The molecule has 3 nitrogen and oxygen atoms in total. The van der Waals surface area contributed by atoms with Crippen LogP contribution in [0.15, 0.2) is 11.6 Å². The number of aldehydes is 1. The summed E-state index contributed by atoms with van der Waals surface area (Å²) < 4.78 is 12.5. The summed E-state index contributed by atoms with van der Waals surface area (Å²) in [7, 11) is 0. The van der Waals surface area contributed by atoms with E-state index in [4.69, 9.17) is 9.47 Å². The molecular formula is C20H30O3. The molecule has 4 rings (SSSR count). The van der Waals surface area contributed by atoms with Gasteiger partial charge in [0.1, 0.15) is 6.29 Å². The minimum Gasteiger partial charge on any atom is -0.349 e. The molecule has 2 unspecified atom stereocenters. The van der Waals surface area contributed by atoms with E-state index in [1.165, 1.54) is 25.7 Å². The molecule has 2 heterocycles. The number of fused-ring (bicyclic) bond motifs is 3. The van der Waals surface area contributed by atoms with E-state index >= 15 is 0 Å². The Morgan fingerprint density at radius 2 is 2.00 bits per heavy atom. The van der Waals surface area contributed by atoms with E-state index < -0.39 is 0 Å². The van der Waals surface area contributed by atoms with Crippen molar-refractivity contribution in [3.63, 3.8) is 0 Å². The van der Waals surface area contributed by atoms with Crippen LogP contribution in [-0.2, 0) is 14.3 Å². The Balaban J connectivity index is 1.76.